The molecule has 1 aliphatic rings. The van der Waals surface area contributed by atoms with E-state index in [0.29, 0.717) is 6.42 Å². The number of nitrogens with zero attached hydrogens (tertiary/aromatic N) is 1. The average molecular weight is 500 g/mol. The average Bonchev–Trinajstić information content (AvgIpc) is 3.10. The van der Waals surface area contributed by atoms with E-state index < -0.39 is 26.4 Å². The zero-order valence-corrected chi connectivity index (χ0v) is 24.3. The maximum atomic E-state index is 13.8. The molecule has 5 nitrogen and oxygen atoms in total. The van der Waals surface area contributed by atoms with Crippen molar-refractivity contribution in [2.45, 2.75) is 92.1 Å². The molecule has 0 aromatic heterocycles. The number of imide groups is 1. The van der Waals surface area contributed by atoms with Crippen molar-refractivity contribution in [3.05, 3.63) is 59.2 Å². The number of amides is 2. The van der Waals surface area contributed by atoms with Crippen molar-refractivity contribution < 1.29 is 18.8 Å². The molecule has 0 spiro atoms. The van der Waals surface area contributed by atoms with E-state index in [1.165, 1.54) is 10.5 Å². The normalized spacial score (nSPS) is 19.7. The van der Waals surface area contributed by atoms with E-state index in [1.807, 2.05) is 44.2 Å². The summed E-state index contributed by atoms with van der Waals surface area (Å²) >= 11 is 0. The molecule has 0 unspecified atom stereocenters. The van der Waals surface area contributed by atoms with Crippen LogP contribution in [0.4, 0.5) is 4.79 Å². The molecule has 1 heterocycles. The first kappa shape index (κ1) is 29.0. The van der Waals surface area contributed by atoms with Crippen molar-refractivity contribution in [1.82, 2.24) is 4.90 Å². The highest BCUT2D eigenvalue weighted by molar-refractivity contribution is 6.74. The summed E-state index contributed by atoms with van der Waals surface area (Å²) in [5.74, 6) is -0.543. The second-order valence-electron chi connectivity index (χ2n) is 11.7. The van der Waals surface area contributed by atoms with Crippen molar-refractivity contribution in [3.8, 4) is 0 Å². The summed E-state index contributed by atoms with van der Waals surface area (Å²) in [7, 11) is -2.20. The van der Waals surface area contributed by atoms with Crippen molar-refractivity contribution in [1.29, 1.82) is 0 Å². The first-order valence-electron chi connectivity index (χ1n) is 12.7. The molecule has 1 fully saturated rings. The zero-order valence-electron chi connectivity index (χ0n) is 23.3. The first-order valence-corrected chi connectivity index (χ1v) is 15.6. The Hall–Kier alpha value is -2.18. The number of carbonyl (C=O) groups excluding carboxylic acids is 2. The molecular weight excluding hydrogens is 454 g/mol. The Labute approximate surface area is 213 Å². The van der Waals surface area contributed by atoms with Crippen LogP contribution in [0.25, 0.3) is 0 Å². The van der Waals surface area contributed by atoms with E-state index in [0.717, 1.165) is 11.1 Å². The number of allylic oxidation sites excluding steroid dienone is 3. The van der Waals surface area contributed by atoms with Gasteiger partial charge in [0.2, 0.25) is 5.91 Å². The van der Waals surface area contributed by atoms with Gasteiger partial charge in [0, 0.05) is 0 Å². The fourth-order valence-corrected chi connectivity index (χ4v) is 5.66. The minimum atomic E-state index is -2.20. The lowest BCUT2D eigenvalue weighted by atomic mass is 9.93. The number of ether oxygens (including phenoxy) is 1. The number of benzene rings is 1. The van der Waals surface area contributed by atoms with Crippen LogP contribution in [0.1, 0.15) is 61.0 Å². The lowest BCUT2D eigenvalue weighted by molar-refractivity contribution is -0.135. The molecule has 2 rings (SSSR count). The summed E-state index contributed by atoms with van der Waals surface area (Å²) in [6.45, 7) is 21.4. The lowest BCUT2D eigenvalue weighted by Gasteiger charge is -2.41. The van der Waals surface area contributed by atoms with Gasteiger partial charge in [0.1, 0.15) is 6.61 Å². The van der Waals surface area contributed by atoms with Gasteiger partial charge in [0.15, 0.2) is 8.32 Å². The summed E-state index contributed by atoms with van der Waals surface area (Å²) < 4.78 is 12.2. The summed E-state index contributed by atoms with van der Waals surface area (Å²) in [6, 6.07) is 9.59. The molecule has 4 atom stereocenters. The molecular formula is C29H45NO4Si. The maximum absolute atomic E-state index is 13.8. The fourth-order valence-electron chi connectivity index (χ4n) is 4.28. The molecule has 1 aliphatic heterocycles. The fraction of sp³-hybridized carbons (Fsp3) is 0.586. The Morgan fingerprint density at radius 2 is 1.74 bits per heavy atom. The van der Waals surface area contributed by atoms with E-state index in [4.69, 9.17) is 9.16 Å². The SMILES string of the molecule is CC(C)=C[C@H](C)/C=C(\C)[C@@H](O[Si](C)(C)C(C)(C)C)[C@@H](C)C(=O)N1C(=O)OC[C@@H]1Cc1ccccc1. The van der Waals surface area contributed by atoms with Crippen molar-refractivity contribution in [3.63, 3.8) is 0 Å². The van der Waals surface area contributed by atoms with E-state index in [1.54, 1.807) is 0 Å². The zero-order chi connectivity index (χ0) is 26.6. The molecule has 35 heavy (non-hydrogen) atoms. The minimum Gasteiger partial charge on any atom is -0.447 e. The van der Waals surface area contributed by atoms with Crippen LogP contribution in [-0.2, 0) is 20.4 Å². The van der Waals surface area contributed by atoms with Gasteiger partial charge in [-0.1, -0.05) is 82.7 Å². The Morgan fingerprint density at radius 1 is 1.14 bits per heavy atom. The Balaban J connectivity index is 2.38. The van der Waals surface area contributed by atoms with Crippen LogP contribution in [0.3, 0.4) is 0 Å². The topological polar surface area (TPSA) is 55.8 Å². The maximum Gasteiger partial charge on any atom is 0.416 e. The first-order chi connectivity index (χ1) is 16.1. The van der Waals surface area contributed by atoms with Crippen LogP contribution in [0, 0.1) is 11.8 Å². The van der Waals surface area contributed by atoms with Gasteiger partial charge in [0.05, 0.1) is 18.1 Å². The van der Waals surface area contributed by atoms with Gasteiger partial charge in [-0.15, -0.1) is 0 Å². The van der Waals surface area contributed by atoms with Crippen LogP contribution >= 0.6 is 0 Å². The van der Waals surface area contributed by atoms with Crippen LogP contribution in [-0.4, -0.2) is 44.0 Å². The molecule has 194 valence electrons. The Kier molecular flexibility index (Phi) is 9.71. The predicted octanol–water partition coefficient (Wildman–Crippen LogP) is 7.15. The summed E-state index contributed by atoms with van der Waals surface area (Å²) in [5.41, 5.74) is 3.34. The van der Waals surface area contributed by atoms with E-state index in [9.17, 15) is 9.59 Å². The van der Waals surface area contributed by atoms with Gasteiger partial charge in [-0.05, 0) is 62.4 Å². The van der Waals surface area contributed by atoms with Crippen LogP contribution in [0.2, 0.25) is 18.1 Å². The monoisotopic (exact) mass is 499 g/mol. The molecule has 0 saturated carbocycles. The Bertz CT molecular complexity index is 941. The molecule has 1 aromatic carbocycles. The van der Waals surface area contributed by atoms with Crippen molar-refractivity contribution >= 4 is 20.3 Å². The van der Waals surface area contributed by atoms with E-state index in [-0.39, 0.29) is 29.5 Å². The predicted molar refractivity (Wildman–Crippen MR) is 146 cm³/mol. The van der Waals surface area contributed by atoms with Crippen LogP contribution < -0.4 is 0 Å². The molecule has 0 aliphatic carbocycles. The molecule has 1 aromatic rings. The van der Waals surface area contributed by atoms with Gasteiger partial charge < -0.3 is 9.16 Å². The second-order valence-corrected chi connectivity index (χ2v) is 16.5. The third-order valence-corrected chi connectivity index (χ3v) is 11.6. The van der Waals surface area contributed by atoms with Gasteiger partial charge in [-0.2, -0.15) is 0 Å². The van der Waals surface area contributed by atoms with Crippen molar-refractivity contribution in [2.75, 3.05) is 6.61 Å². The molecule has 0 bridgehead atoms. The highest BCUT2D eigenvalue weighted by Gasteiger charge is 2.45. The molecule has 1 saturated heterocycles. The Morgan fingerprint density at radius 3 is 2.29 bits per heavy atom. The summed E-state index contributed by atoms with van der Waals surface area (Å²) in [4.78, 5) is 27.8. The van der Waals surface area contributed by atoms with Crippen LogP contribution in [0.5, 0.6) is 0 Å². The number of cyclic esters (lactones) is 1. The third kappa shape index (κ3) is 7.65. The molecule has 0 radical (unpaired) electrons. The molecule has 0 N–H and O–H groups in total. The van der Waals surface area contributed by atoms with Crippen molar-refractivity contribution in [2.24, 2.45) is 11.8 Å². The number of carbonyl (C=O) groups is 2. The van der Waals surface area contributed by atoms with Crippen LogP contribution in [0.15, 0.2) is 53.6 Å². The number of hydrogen-bond donors (Lipinski definition) is 0. The van der Waals surface area contributed by atoms with Gasteiger partial charge in [-0.3, -0.25) is 4.79 Å². The highest BCUT2D eigenvalue weighted by atomic mass is 28.4. The smallest absolute Gasteiger partial charge is 0.416 e. The summed E-state index contributed by atoms with van der Waals surface area (Å²) in [6.07, 6.45) is 3.98. The summed E-state index contributed by atoms with van der Waals surface area (Å²) in [5, 5.41) is -0.0117. The molecule has 6 heteroatoms. The van der Waals surface area contributed by atoms with Gasteiger partial charge in [-0.25, -0.2) is 9.69 Å². The highest BCUT2D eigenvalue weighted by Crippen LogP contribution is 2.39. The second kappa shape index (κ2) is 11.7. The third-order valence-electron chi connectivity index (χ3n) is 7.15. The van der Waals surface area contributed by atoms with E-state index >= 15 is 0 Å². The molecule has 2 amide bonds. The van der Waals surface area contributed by atoms with E-state index in [2.05, 4.69) is 66.8 Å². The lowest BCUT2D eigenvalue weighted by Crippen LogP contribution is -2.50. The number of hydrogen-bond acceptors (Lipinski definition) is 4. The standard InChI is InChI=1S/C29H45NO4Si/c1-20(2)16-21(3)17-22(4)26(34-35(9,10)29(6,7)8)23(5)27(31)30-25(19-33-28(30)32)18-24-14-12-11-13-15-24/h11-17,21,23,25-26H,18-19H2,1-10H3/b22-17+/t21-,23+,25-,26+/m0/s1. The quantitative estimate of drug-likeness (QED) is 0.267. The minimum absolute atomic E-state index is 0.0117. The number of rotatable bonds is 9. The van der Waals surface area contributed by atoms with Gasteiger partial charge >= 0.3 is 6.09 Å². The largest absolute Gasteiger partial charge is 0.447 e. The van der Waals surface area contributed by atoms with Gasteiger partial charge in [0.25, 0.3) is 0 Å².